The van der Waals surface area contributed by atoms with Crippen molar-refractivity contribution < 1.29 is 23.1 Å². The SMILES string of the molecule is COC(=O)N[C@@H](Cc1ccccc1)C(=O)N[C@@H](Cc1ccc(NS(=O)O)cc1)C1=CSC(c2ccc(C)nc2)N1. The summed E-state index contributed by atoms with van der Waals surface area (Å²) in [6, 6.07) is 19.1. The number of aryl methyl sites for hydroxylation is 1. The van der Waals surface area contributed by atoms with Crippen LogP contribution in [-0.4, -0.2) is 44.9 Å². The third kappa shape index (κ3) is 8.31. The van der Waals surface area contributed by atoms with Crippen molar-refractivity contribution in [1.29, 1.82) is 0 Å². The van der Waals surface area contributed by atoms with E-state index in [1.54, 1.807) is 23.9 Å². The maximum Gasteiger partial charge on any atom is 0.407 e. The molecule has 1 aliphatic rings. The van der Waals surface area contributed by atoms with Gasteiger partial charge in [-0.2, -0.15) is 0 Å². The number of nitrogens with zero attached hydrogens (tertiary/aromatic N) is 1. The van der Waals surface area contributed by atoms with E-state index < -0.39 is 29.4 Å². The van der Waals surface area contributed by atoms with Crippen molar-refractivity contribution in [1.82, 2.24) is 20.9 Å². The predicted molar refractivity (Wildman–Crippen MR) is 156 cm³/mol. The Hall–Kier alpha value is -3.87. The van der Waals surface area contributed by atoms with Gasteiger partial charge < -0.3 is 20.7 Å². The monoisotopic (exact) mass is 581 g/mol. The van der Waals surface area contributed by atoms with Gasteiger partial charge in [0.05, 0.1) is 13.2 Å². The van der Waals surface area contributed by atoms with Gasteiger partial charge in [0.1, 0.15) is 11.4 Å². The third-order valence-electron chi connectivity index (χ3n) is 6.23. The lowest BCUT2D eigenvalue weighted by molar-refractivity contribution is -0.123. The molecule has 40 heavy (non-hydrogen) atoms. The van der Waals surface area contributed by atoms with Crippen LogP contribution in [0.4, 0.5) is 10.5 Å². The fourth-order valence-corrected chi connectivity index (χ4v) is 5.51. The first-order valence-corrected chi connectivity index (χ1v) is 14.6. The minimum Gasteiger partial charge on any atom is -0.453 e. The van der Waals surface area contributed by atoms with Crippen molar-refractivity contribution in [3.8, 4) is 0 Å². The van der Waals surface area contributed by atoms with Crippen molar-refractivity contribution in [3.63, 3.8) is 0 Å². The van der Waals surface area contributed by atoms with E-state index in [9.17, 15) is 13.8 Å². The highest BCUT2D eigenvalue weighted by molar-refractivity contribution is 8.02. The largest absolute Gasteiger partial charge is 0.453 e. The van der Waals surface area contributed by atoms with E-state index in [0.717, 1.165) is 28.1 Å². The second kappa shape index (κ2) is 14.0. The molecule has 0 aliphatic carbocycles. The molecule has 210 valence electrons. The molecular weight excluding hydrogens is 550 g/mol. The Morgan fingerprint density at radius 3 is 2.42 bits per heavy atom. The van der Waals surface area contributed by atoms with Crippen LogP contribution in [0.15, 0.2) is 84.0 Å². The zero-order valence-corrected chi connectivity index (χ0v) is 23.6. The Morgan fingerprint density at radius 1 is 1.05 bits per heavy atom. The number of hydrogen-bond donors (Lipinski definition) is 5. The molecule has 1 aromatic heterocycles. The first-order valence-electron chi connectivity index (χ1n) is 12.5. The molecule has 2 unspecified atom stereocenters. The average molecular weight is 582 g/mol. The van der Waals surface area contributed by atoms with Crippen LogP contribution in [0.1, 0.15) is 27.8 Å². The number of hydrogen-bond acceptors (Lipinski definition) is 7. The molecule has 5 N–H and O–H groups in total. The summed E-state index contributed by atoms with van der Waals surface area (Å²) in [5, 5.41) is 11.2. The number of carbonyl (C=O) groups excluding carboxylic acids is 2. The summed E-state index contributed by atoms with van der Waals surface area (Å²) in [5.41, 5.74) is 5.04. The Bertz CT molecular complexity index is 1350. The quantitative estimate of drug-likeness (QED) is 0.215. The molecular formula is C28H31N5O5S2. The number of aromatic nitrogens is 1. The fraction of sp³-hybridized carbons (Fsp3) is 0.250. The van der Waals surface area contributed by atoms with Crippen molar-refractivity contribution in [2.75, 3.05) is 11.8 Å². The van der Waals surface area contributed by atoms with E-state index in [1.165, 1.54) is 7.11 Å². The second-order valence-corrected chi connectivity index (χ2v) is 10.8. The fourth-order valence-electron chi connectivity index (χ4n) is 4.16. The lowest BCUT2D eigenvalue weighted by Crippen LogP contribution is -2.52. The van der Waals surface area contributed by atoms with Gasteiger partial charge in [-0.05, 0) is 48.1 Å². The van der Waals surface area contributed by atoms with Gasteiger partial charge in [-0.25, -0.2) is 9.00 Å². The van der Waals surface area contributed by atoms with E-state index in [2.05, 4.69) is 25.7 Å². The molecule has 3 aromatic rings. The Kier molecular flexibility index (Phi) is 10.2. The summed E-state index contributed by atoms with van der Waals surface area (Å²) in [7, 11) is 1.26. The van der Waals surface area contributed by atoms with Gasteiger partial charge in [-0.1, -0.05) is 48.5 Å². The summed E-state index contributed by atoms with van der Waals surface area (Å²) in [4.78, 5) is 30.1. The lowest BCUT2D eigenvalue weighted by Gasteiger charge is -2.25. The summed E-state index contributed by atoms with van der Waals surface area (Å²) < 4.78 is 27.4. The molecule has 0 saturated carbocycles. The minimum absolute atomic E-state index is 0.0677. The summed E-state index contributed by atoms with van der Waals surface area (Å²) in [5.74, 6) is -0.360. The standard InChI is InChI=1S/C28H31N5O5S2/c1-18-8-11-21(16-29-18)27-31-25(17-39-27)23(14-20-9-12-22(13-10-20)33-40(36)37)30-26(34)24(32-28(35)38-2)15-19-6-4-3-5-7-19/h3-13,16-17,23-24,27,31,33H,14-15H2,1-2H3,(H,30,34)(H,32,35)(H,36,37)/t23-,24-,27?/m0/s1. The summed E-state index contributed by atoms with van der Waals surface area (Å²) in [6.45, 7) is 1.93. The first-order chi connectivity index (χ1) is 19.3. The Balaban J connectivity index is 1.54. The van der Waals surface area contributed by atoms with Gasteiger partial charge in [-0.15, -0.1) is 11.8 Å². The summed E-state index contributed by atoms with van der Waals surface area (Å²) >= 11 is -0.590. The maximum absolute atomic E-state index is 13.6. The normalized spacial score (nSPS) is 16.6. The zero-order chi connectivity index (χ0) is 28.5. The topological polar surface area (TPSA) is 142 Å². The molecule has 0 spiro atoms. The van der Waals surface area contributed by atoms with Crippen LogP contribution in [-0.2, 0) is 33.6 Å². The number of benzene rings is 2. The van der Waals surface area contributed by atoms with Crippen molar-refractivity contribution in [2.45, 2.75) is 37.2 Å². The molecule has 12 heteroatoms. The van der Waals surface area contributed by atoms with Gasteiger partial charge in [0.15, 0.2) is 0 Å². The van der Waals surface area contributed by atoms with Gasteiger partial charge in [0.2, 0.25) is 5.91 Å². The number of amides is 2. The molecule has 2 amide bonds. The van der Waals surface area contributed by atoms with Gasteiger partial charge in [0.25, 0.3) is 11.3 Å². The molecule has 10 nitrogen and oxygen atoms in total. The van der Waals surface area contributed by atoms with Gasteiger partial charge in [-0.3, -0.25) is 19.1 Å². The average Bonchev–Trinajstić information content (AvgIpc) is 3.44. The van der Waals surface area contributed by atoms with Gasteiger partial charge in [0, 0.05) is 35.3 Å². The van der Waals surface area contributed by atoms with Gasteiger partial charge >= 0.3 is 6.09 Å². The summed E-state index contributed by atoms with van der Waals surface area (Å²) in [6.07, 6.45) is 1.85. The van der Waals surface area contributed by atoms with Crippen molar-refractivity contribution in [2.24, 2.45) is 0 Å². The number of anilines is 1. The van der Waals surface area contributed by atoms with Crippen molar-refractivity contribution >= 4 is 40.7 Å². The highest BCUT2D eigenvalue weighted by Crippen LogP contribution is 2.35. The highest BCUT2D eigenvalue weighted by atomic mass is 32.2. The number of nitrogens with one attached hydrogen (secondary N) is 4. The molecule has 0 radical (unpaired) electrons. The number of thioether (sulfide) groups is 1. The van der Waals surface area contributed by atoms with Crippen molar-refractivity contribution in [3.05, 3.63) is 106 Å². The number of rotatable bonds is 11. The van der Waals surface area contributed by atoms with Crippen LogP contribution in [0, 0.1) is 6.92 Å². The molecule has 4 atom stereocenters. The van der Waals surface area contributed by atoms with Crippen LogP contribution in [0.25, 0.3) is 0 Å². The van der Waals surface area contributed by atoms with E-state index >= 15 is 0 Å². The number of methoxy groups -OCH3 is 1. The lowest BCUT2D eigenvalue weighted by atomic mass is 10.0. The van der Waals surface area contributed by atoms with Crippen LogP contribution in [0.2, 0.25) is 0 Å². The van der Waals surface area contributed by atoms with Crippen LogP contribution < -0.4 is 20.7 Å². The number of ether oxygens (including phenoxy) is 1. The minimum atomic E-state index is -2.17. The first kappa shape index (κ1) is 29.1. The number of alkyl carbamates (subject to hydrolysis) is 1. The van der Waals surface area contributed by atoms with E-state index in [0.29, 0.717) is 12.1 Å². The Morgan fingerprint density at radius 2 is 1.77 bits per heavy atom. The smallest absolute Gasteiger partial charge is 0.407 e. The zero-order valence-electron chi connectivity index (χ0n) is 22.0. The molecule has 4 rings (SSSR count). The molecule has 1 aliphatic heterocycles. The van der Waals surface area contributed by atoms with Crippen LogP contribution in [0.5, 0.6) is 0 Å². The third-order valence-corrected chi connectivity index (χ3v) is 7.70. The van der Waals surface area contributed by atoms with E-state index in [1.807, 2.05) is 73.1 Å². The molecule has 0 saturated heterocycles. The number of carbonyl (C=O) groups is 2. The Labute approximate surface area is 239 Å². The van der Waals surface area contributed by atoms with E-state index in [4.69, 9.17) is 9.29 Å². The number of pyridine rings is 1. The predicted octanol–water partition coefficient (Wildman–Crippen LogP) is 3.81. The molecule has 0 fully saturated rings. The van der Waals surface area contributed by atoms with Crippen LogP contribution in [0.3, 0.4) is 0 Å². The van der Waals surface area contributed by atoms with E-state index in [-0.39, 0.29) is 17.7 Å². The maximum atomic E-state index is 13.6. The molecule has 2 aromatic carbocycles. The molecule has 2 heterocycles. The van der Waals surface area contributed by atoms with Crippen LogP contribution >= 0.6 is 11.8 Å². The molecule has 0 bridgehead atoms. The highest BCUT2D eigenvalue weighted by Gasteiger charge is 2.29. The second-order valence-electron chi connectivity index (χ2n) is 9.16.